The van der Waals surface area contributed by atoms with Gasteiger partial charge in [-0.3, -0.25) is 4.79 Å². The lowest BCUT2D eigenvalue weighted by atomic mass is 10.1. The smallest absolute Gasteiger partial charge is 0.253 e. The second-order valence-corrected chi connectivity index (χ2v) is 3.24. The van der Waals surface area contributed by atoms with E-state index in [0.717, 1.165) is 12.2 Å². The fraction of sp³-hybridized carbons (Fsp3) is 0.300. The minimum absolute atomic E-state index is 0.136. The highest BCUT2D eigenvalue weighted by Crippen LogP contribution is 2.20. The van der Waals surface area contributed by atoms with Gasteiger partial charge < -0.3 is 10.6 Å². The maximum atomic E-state index is 11.5. The quantitative estimate of drug-likeness (QED) is 0.806. The van der Waals surface area contributed by atoms with Gasteiger partial charge in [-0.15, -0.1) is 0 Å². The van der Waals surface area contributed by atoms with E-state index in [-0.39, 0.29) is 5.91 Å². The van der Waals surface area contributed by atoms with Crippen molar-refractivity contribution in [3.63, 3.8) is 0 Å². The average Bonchev–Trinajstić information content (AvgIpc) is 2.20. The molecular formula is C10H13ClN2O. The molecule has 0 fully saturated rings. The van der Waals surface area contributed by atoms with Gasteiger partial charge in [-0.1, -0.05) is 11.6 Å². The summed E-state index contributed by atoms with van der Waals surface area (Å²) in [6.07, 6.45) is 0. The predicted octanol–water partition coefficient (Wildman–Crippen LogP) is 2.13. The zero-order valence-electron chi connectivity index (χ0n) is 8.23. The number of amides is 1. The van der Waals surface area contributed by atoms with Gasteiger partial charge in [0.1, 0.15) is 0 Å². The topological polar surface area (TPSA) is 41.1 Å². The van der Waals surface area contributed by atoms with Gasteiger partial charge in [0.05, 0.1) is 5.56 Å². The molecule has 0 atom stereocenters. The molecule has 2 N–H and O–H groups in total. The molecule has 1 aromatic carbocycles. The largest absolute Gasteiger partial charge is 0.385 e. The summed E-state index contributed by atoms with van der Waals surface area (Å²) in [5.74, 6) is -0.136. The van der Waals surface area contributed by atoms with Crippen molar-refractivity contribution in [2.45, 2.75) is 6.92 Å². The number of rotatable bonds is 3. The molecule has 1 rings (SSSR count). The van der Waals surface area contributed by atoms with E-state index in [9.17, 15) is 4.79 Å². The van der Waals surface area contributed by atoms with E-state index in [4.69, 9.17) is 11.6 Å². The lowest BCUT2D eigenvalue weighted by molar-refractivity contribution is 0.0964. The number of carbonyl (C=O) groups is 1. The first-order valence-electron chi connectivity index (χ1n) is 4.44. The normalized spacial score (nSPS) is 9.64. The van der Waals surface area contributed by atoms with E-state index in [1.165, 1.54) is 0 Å². The predicted molar refractivity (Wildman–Crippen MR) is 59.0 cm³/mol. The monoisotopic (exact) mass is 212 g/mol. The minimum Gasteiger partial charge on any atom is -0.385 e. The lowest BCUT2D eigenvalue weighted by Crippen LogP contribution is -2.19. The van der Waals surface area contributed by atoms with E-state index >= 15 is 0 Å². The summed E-state index contributed by atoms with van der Waals surface area (Å²) in [6, 6.07) is 5.21. The number of benzene rings is 1. The molecule has 0 radical (unpaired) electrons. The van der Waals surface area contributed by atoms with Gasteiger partial charge in [-0.05, 0) is 25.1 Å². The summed E-state index contributed by atoms with van der Waals surface area (Å²) in [5, 5.41) is 6.23. The van der Waals surface area contributed by atoms with Crippen LogP contribution in [0, 0.1) is 0 Å². The third-order valence-electron chi connectivity index (χ3n) is 1.82. The van der Waals surface area contributed by atoms with E-state index in [0.29, 0.717) is 10.6 Å². The standard InChI is InChI=1S/C10H13ClN2O/c1-3-13-9-5-4-7(11)6-8(9)10(14)12-2/h4-6,13H,3H2,1-2H3,(H,12,14). The Morgan fingerprint density at radius 2 is 2.21 bits per heavy atom. The second kappa shape index (κ2) is 4.86. The zero-order chi connectivity index (χ0) is 10.6. The number of carbonyl (C=O) groups excluding carboxylic acids is 1. The highest BCUT2D eigenvalue weighted by Gasteiger charge is 2.09. The van der Waals surface area contributed by atoms with Gasteiger partial charge in [-0.25, -0.2) is 0 Å². The molecule has 0 aliphatic carbocycles. The van der Waals surface area contributed by atoms with Crippen LogP contribution in [0.5, 0.6) is 0 Å². The summed E-state index contributed by atoms with van der Waals surface area (Å²) < 4.78 is 0. The molecule has 0 spiro atoms. The summed E-state index contributed by atoms with van der Waals surface area (Å²) in [5.41, 5.74) is 1.37. The first-order chi connectivity index (χ1) is 6.69. The fourth-order valence-corrected chi connectivity index (χ4v) is 1.36. The van der Waals surface area contributed by atoms with Crippen molar-refractivity contribution in [3.8, 4) is 0 Å². The highest BCUT2D eigenvalue weighted by molar-refractivity contribution is 6.31. The highest BCUT2D eigenvalue weighted by atomic mass is 35.5. The van der Waals surface area contributed by atoms with Gasteiger partial charge in [0.25, 0.3) is 5.91 Å². The summed E-state index contributed by atoms with van der Waals surface area (Å²) in [7, 11) is 1.60. The van der Waals surface area contributed by atoms with Crippen LogP contribution in [0.4, 0.5) is 5.69 Å². The Balaban J connectivity index is 3.08. The molecule has 3 nitrogen and oxygen atoms in total. The van der Waals surface area contributed by atoms with E-state index in [1.807, 2.05) is 6.92 Å². The van der Waals surface area contributed by atoms with Crippen LogP contribution in [0.2, 0.25) is 5.02 Å². The Kier molecular flexibility index (Phi) is 3.77. The van der Waals surface area contributed by atoms with Gasteiger partial charge in [0.2, 0.25) is 0 Å². The third-order valence-corrected chi connectivity index (χ3v) is 2.06. The zero-order valence-corrected chi connectivity index (χ0v) is 8.98. The molecule has 0 aromatic heterocycles. The molecule has 0 saturated carbocycles. The van der Waals surface area contributed by atoms with Crippen molar-refractivity contribution in [1.82, 2.24) is 5.32 Å². The van der Waals surface area contributed by atoms with Crippen molar-refractivity contribution in [3.05, 3.63) is 28.8 Å². The SMILES string of the molecule is CCNc1ccc(Cl)cc1C(=O)NC. The molecule has 76 valence electrons. The van der Waals surface area contributed by atoms with E-state index in [2.05, 4.69) is 10.6 Å². The summed E-state index contributed by atoms with van der Waals surface area (Å²) >= 11 is 5.81. The molecule has 0 bridgehead atoms. The van der Waals surface area contributed by atoms with Crippen LogP contribution in [0.15, 0.2) is 18.2 Å². The van der Waals surface area contributed by atoms with Gasteiger partial charge >= 0.3 is 0 Å². The molecule has 4 heteroatoms. The van der Waals surface area contributed by atoms with Crippen LogP contribution < -0.4 is 10.6 Å². The number of hydrogen-bond acceptors (Lipinski definition) is 2. The Morgan fingerprint density at radius 3 is 2.79 bits per heavy atom. The lowest BCUT2D eigenvalue weighted by Gasteiger charge is -2.09. The number of anilines is 1. The molecular weight excluding hydrogens is 200 g/mol. The molecule has 1 aromatic rings. The molecule has 0 aliphatic heterocycles. The Hall–Kier alpha value is -1.22. The van der Waals surface area contributed by atoms with Gasteiger partial charge in [-0.2, -0.15) is 0 Å². The number of nitrogens with one attached hydrogen (secondary N) is 2. The van der Waals surface area contributed by atoms with Crippen molar-refractivity contribution in [2.24, 2.45) is 0 Å². The summed E-state index contributed by atoms with van der Waals surface area (Å²) in [6.45, 7) is 2.74. The van der Waals surface area contributed by atoms with Crippen molar-refractivity contribution in [2.75, 3.05) is 18.9 Å². The molecule has 1 amide bonds. The maximum Gasteiger partial charge on any atom is 0.253 e. The van der Waals surface area contributed by atoms with E-state index in [1.54, 1.807) is 25.2 Å². The van der Waals surface area contributed by atoms with Crippen LogP contribution in [-0.2, 0) is 0 Å². The summed E-state index contributed by atoms with van der Waals surface area (Å²) in [4.78, 5) is 11.5. The molecule has 0 saturated heterocycles. The first kappa shape index (κ1) is 10.9. The molecule has 14 heavy (non-hydrogen) atoms. The third kappa shape index (κ3) is 2.39. The average molecular weight is 213 g/mol. The second-order valence-electron chi connectivity index (χ2n) is 2.80. The van der Waals surface area contributed by atoms with E-state index < -0.39 is 0 Å². The van der Waals surface area contributed by atoms with Gasteiger partial charge in [0.15, 0.2) is 0 Å². The maximum absolute atomic E-state index is 11.5. The van der Waals surface area contributed by atoms with Crippen molar-refractivity contribution >= 4 is 23.2 Å². The molecule has 0 aliphatic rings. The molecule has 0 heterocycles. The number of halogens is 1. The Morgan fingerprint density at radius 1 is 1.50 bits per heavy atom. The van der Waals surface area contributed by atoms with Crippen LogP contribution in [0.25, 0.3) is 0 Å². The number of hydrogen-bond donors (Lipinski definition) is 2. The van der Waals surface area contributed by atoms with Crippen molar-refractivity contribution < 1.29 is 4.79 Å². The van der Waals surface area contributed by atoms with Crippen LogP contribution in [-0.4, -0.2) is 19.5 Å². The Bertz CT molecular complexity index is 339. The minimum atomic E-state index is -0.136. The van der Waals surface area contributed by atoms with Crippen LogP contribution in [0.3, 0.4) is 0 Å². The van der Waals surface area contributed by atoms with Crippen molar-refractivity contribution in [1.29, 1.82) is 0 Å². The fourth-order valence-electron chi connectivity index (χ4n) is 1.18. The van der Waals surface area contributed by atoms with Gasteiger partial charge in [0, 0.05) is 24.3 Å². The van der Waals surface area contributed by atoms with Crippen LogP contribution in [0.1, 0.15) is 17.3 Å². The first-order valence-corrected chi connectivity index (χ1v) is 4.82. The Labute approximate surface area is 88.5 Å². The van der Waals surface area contributed by atoms with Crippen LogP contribution >= 0.6 is 11.6 Å². The molecule has 0 unspecified atom stereocenters.